The van der Waals surface area contributed by atoms with Gasteiger partial charge in [-0.15, -0.1) is 0 Å². The minimum absolute atomic E-state index is 0.286. The van der Waals surface area contributed by atoms with Crippen LogP contribution in [0.3, 0.4) is 0 Å². The molecule has 3 unspecified atom stereocenters. The Kier molecular flexibility index (Phi) is 4.71. The highest BCUT2D eigenvalue weighted by Gasteiger charge is 2.38. The number of piperidine rings is 1. The maximum Gasteiger partial charge on any atom is 0.0485 e. The van der Waals surface area contributed by atoms with Crippen LogP contribution >= 0.6 is 27.5 Å². The fraction of sp³-hybridized carbons (Fsp3) is 0.625. The molecule has 2 fully saturated rings. The van der Waals surface area contributed by atoms with E-state index in [-0.39, 0.29) is 6.04 Å². The number of halogens is 2. The Balaban J connectivity index is 1.90. The summed E-state index contributed by atoms with van der Waals surface area (Å²) in [6.07, 6.45) is 6.80. The number of hydrogen-bond donors (Lipinski definition) is 1. The molecule has 0 spiro atoms. The van der Waals surface area contributed by atoms with Crippen molar-refractivity contribution in [2.45, 2.75) is 44.2 Å². The molecule has 4 heteroatoms. The first-order chi connectivity index (χ1) is 9.70. The lowest BCUT2D eigenvalue weighted by molar-refractivity contribution is 0.0698. The van der Waals surface area contributed by atoms with Crippen molar-refractivity contribution in [2.75, 3.05) is 13.1 Å². The predicted octanol–water partition coefficient (Wildman–Crippen LogP) is 4.37. The second-order valence-corrected chi connectivity index (χ2v) is 7.35. The molecule has 3 atom stereocenters. The zero-order valence-corrected chi connectivity index (χ0v) is 14.0. The van der Waals surface area contributed by atoms with Crippen molar-refractivity contribution < 1.29 is 0 Å². The molecule has 1 heterocycles. The third kappa shape index (κ3) is 2.78. The summed E-state index contributed by atoms with van der Waals surface area (Å²) in [5.41, 5.74) is 7.37. The Bertz CT molecular complexity index is 480. The van der Waals surface area contributed by atoms with Crippen molar-refractivity contribution in [3.05, 3.63) is 33.3 Å². The third-order valence-electron chi connectivity index (χ3n) is 4.98. The number of hydrogen-bond acceptors (Lipinski definition) is 2. The lowest BCUT2D eigenvalue weighted by atomic mass is 9.89. The van der Waals surface area contributed by atoms with Crippen LogP contribution in [0, 0.1) is 5.92 Å². The molecule has 0 aromatic heterocycles. The van der Waals surface area contributed by atoms with Gasteiger partial charge in [0.1, 0.15) is 0 Å². The van der Waals surface area contributed by atoms with E-state index < -0.39 is 0 Å². The van der Waals surface area contributed by atoms with Gasteiger partial charge >= 0.3 is 0 Å². The molecule has 0 radical (unpaired) electrons. The number of likely N-dealkylation sites (tertiary alicyclic amines) is 1. The molecule has 1 saturated heterocycles. The third-order valence-corrected chi connectivity index (χ3v) is 5.93. The van der Waals surface area contributed by atoms with Gasteiger partial charge in [0.2, 0.25) is 0 Å². The summed E-state index contributed by atoms with van der Waals surface area (Å²) in [5.74, 6) is 0.885. The van der Waals surface area contributed by atoms with Gasteiger partial charge in [-0.1, -0.05) is 34.0 Å². The molecule has 1 aliphatic heterocycles. The molecule has 20 heavy (non-hydrogen) atoms. The van der Waals surface area contributed by atoms with Crippen LogP contribution < -0.4 is 5.73 Å². The number of nitrogens with zero attached hydrogens (tertiary/aromatic N) is 1. The van der Waals surface area contributed by atoms with Gasteiger partial charge < -0.3 is 5.73 Å². The highest BCUT2D eigenvalue weighted by Crippen LogP contribution is 2.41. The second kappa shape index (κ2) is 6.35. The molecule has 0 amide bonds. The minimum Gasteiger partial charge on any atom is -0.329 e. The van der Waals surface area contributed by atoms with Gasteiger partial charge in [-0.05, 0) is 61.9 Å². The number of nitrogens with two attached hydrogens (primary N) is 1. The van der Waals surface area contributed by atoms with Crippen LogP contribution in [0.25, 0.3) is 0 Å². The Morgan fingerprint density at radius 2 is 2.10 bits per heavy atom. The summed E-state index contributed by atoms with van der Waals surface area (Å²) < 4.78 is 1.12. The van der Waals surface area contributed by atoms with E-state index in [0.717, 1.165) is 21.5 Å². The number of benzene rings is 1. The van der Waals surface area contributed by atoms with Crippen molar-refractivity contribution in [1.82, 2.24) is 4.90 Å². The first-order valence-electron chi connectivity index (χ1n) is 7.61. The molecular weight excluding hydrogens is 336 g/mol. The van der Waals surface area contributed by atoms with E-state index >= 15 is 0 Å². The highest BCUT2D eigenvalue weighted by molar-refractivity contribution is 9.10. The van der Waals surface area contributed by atoms with E-state index in [1.807, 2.05) is 12.1 Å². The molecule has 110 valence electrons. The molecule has 3 rings (SSSR count). The Morgan fingerprint density at radius 1 is 1.30 bits per heavy atom. The van der Waals surface area contributed by atoms with Crippen molar-refractivity contribution in [3.8, 4) is 0 Å². The van der Waals surface area contributed by atoms with Crippen LogP contribution in [-0.2, 0) is 0 Å². The molecule has 2 N–H and O–H groups in total. The summed E-state index contributed by atoms with van der Waals surface area (Å²) >= 11 is 9.86. The van der Waals surface area contributed by atoms with Gasteiger partial charge in [0, 0.05) is 28.1 Å². The molecule has 1 saturated carbocycles. The maximum absolute atomic E-state index is 6.19. The molecule has 1 aromatic carbocycles. The van der Waals surface area contributed by atoms with E-state index in [9.17, 15) is 0 Å². The van der Waals surface area contributed by atoms with E-state index in [2.05, 4.69) is 26.9 Å². The SMILES string of the molecule is NCC(c1cc(Cl)ccc1Br)N1CCCC2CCCC21. The molecule has 1 aromatic rings. The van der Waals surface area contributed by atoms with Crippen LogP contribution in [0.5, 0.6) is 0 Å². The van der Waals surface area contributed by atoms with E-state index in [0.29, 0.717) is 6.54 Å². The van der Waals surface area contributed by atoms with Crippen LogP contribution in [0.2, 0.25) is 5.02 Å². The molecule has 2 aliphatic rings. The number of fused-ring (bicyclic) bond motifs is 1. The minimum atomic E-state index is 0.286. The van der Waals surface area contributed by atoms with E-state index in [1.54, 1.807) is 0 Å². The fourth-order valence-electron chi connectivity index (χ4n) is 4.09. The zero-order valence-electron chi connectivity index (χ0n) is 11.7. The fourth-order valence-corrected chi connectivity index (χ4v) is 4.78. The second-order valence-electron chi connectivity index (χ2n) is 6.06. The smallest absolute Gasteiger partial charge is 0.0485 e. The van der Waals surface area contributed by atoms with Crippen LogP contribution in [0.1, 0.15) is 43.7 Å². The lowest BCUT2D eigenvalue weighted by Gasteiger charge is -2.43. The van der Waals surface area contributed by atoms with Gasteiger partial charge in [-0.3, -0.25) is 4.90 Å². The largest absolute Gasteiger partial charge is 0.329 e. The normalized spacial score (nSPS) is 28.4. The number of rotatable bonds is 3. The summed E-state index contributed by atoms with van der Waals surface area (Å²) in [7, 11) is 0. The van der Waals surface area contributed by atoms with Crippen LogP contribution in [-0.4, -0.2) is 24.0 Å². The van der Waals surface area contributed by atoms with Gasteiger partial charge in [-0.2, -0.15) is 0 Å². The van der Waals surface area contributed by atoms with E-state index in [1.165, 1.54) is 44.2 Å². The maximum atomic E-state index is 6.19. The van der Waals surface area contributed by atoms with Crippen molar-refractivity contribution in [3.63, 3.8) is 0 Å². The standard InChI is InChI=1S/C16H22BrClN2/c17-14-7-6-12(18)9-13(14)16(10-19)20-8-2-4-11-3-1-5-15(11)20/h6-7,9,11,15-16H,1-5,8,10,19H2. The summed E-state index contributed by atoms with van der Waals surface area (Å²) in [4.78, 5) is 2.65. The van der Waals surface area contributed by atoms with Gasteiger partial charge in [0.15, 0.2) is 0 Å². The van der Waals surface area contributed by atoms with Gasteiger partial charge in [0.05, 0.1) is 0 Å². The lowest BCUT2D eigenvalue weighted by Crippen LogP contribution is -2.46. The molecular formula is C16H22BrClN2. The molecule has 2 nitrogen and oxygen atoms in total. The first kappa shape index (κ1) is 14.8. The average Bonchev–Trinajstić information content (AvgIpc) is 2.92. The van der Waals surface area contributed by atoms with Crippen molar-refractivity contribution >= 4 is 27.5 Å². The van der Waals surface area contributed by atoms with Crippen LogP contribution in [0.4, 0.5) is 0 Å². The summed E-state index contributed by atoms with van der Waals surface area (Å²) in [5, 5.41) is 0.793. The van der Waals surface area contributed by atoms with Crippen LogP contribution in [0.15, 0.2) is 22.7 Å². The predicted molar refractivity (Wildman–Crippen MR) is 88.0 cm³/mol. The van der Waals surface area contributed by atoms with Crippen molar-refractivity contribution in [2.24, 2.45) is 11.7 Å². The highest BCUT2D eigenvalue weighted by atomic mass is 79.9. The Labute approximate surface area is 134 Å². The Hall–Kier alpha value is -0.0900. The zero-order chi connectivity index (χ0) is 14.1. The van der Waals surface area contributed by atoms with Gasteiger partial charge in [-0.25, -0.2) is 0 Å². The van der Waals surface area contributed by atoms with Crippen molar-refractivity contribution in [1.29, 1.82) is 0 Å². The molecule has 0 bridgehead atoms. The van der Waals surface area contributed by atoms with Gasteiger partial charge in [0.25, 0.3) is 0 Å². The average molecular weight is 358 g/mol. The molecule has 1 aliphatic carbocycles. The summed E-state index contributed by atoms with van der Waals surface area (Å²) in [6, 6.07) is 7.05. The monoisotopic (exact) mass is 356 g/mol. The summed E-state index contributed by atoms with van der Waals surface area (Å²) in [6.45, 7) is 1.82. The topological polar surface area (TPSA) is 29.3 Å². The first-order valence-corrected chi connectivity index (χ1v) is 8.78. The van der Waals surface area contributed by atoms with E-state index in [4.69, 9.17) is 17.3 Å². The Morgan fingerprint density at radius 3 is 2.90 bits per heavy atom. The quantitative estimate of drug-likeness (QED) is 0.870.